The van der Waals surface area contributed by atoms with Crippen LogP contribution in [0.2, 0.25) is 0 Å². The maximum Gasteiger partial charge on any atom is 0.410 e. The van der Waals surface area contributed by atoms with Crippen LogP contribution in [0.5, 0.6) is 5.75 Å². The van der Waals surface area contributed by atoms with E-state index in [0.29, 0.717) is 48.2 Å². The topological polar surface area (TPSA) is 84.2 Å². The average Bonchev–Trinajstić information content (AvgIpc) is 2.72. The summed E-state index contributed by atoms with van der Waals surface area (Å²) in [6.45, 7) is 7.42. The molecule has 1 amide bonds. The van der Waals surface area contributed by atoms with Crippen LogP contribution < -0.4 is 4.74 Å². The third-order valence-corrected chi connectivity index (χ3v) is 4.96. The number of piperidine rings is 1. The van der Waals surface area contributed by atoms with Crippen molar-refractivity contribution in [3.63, 3.8) is 0 Å². The fourth-order valence-electron chi connectivity index (χ4n) is 3.33. The van der Waals surface area contributed by atoms with Crippen molar-refractivity contribution < 1.29 is 23.9 Å². The molecule has 2 heterocycles. The molecule has 0 bridgehead atoms. The van der Waals surface area contributed by atoms with Gasteiger partial charge in [0.25, 0.3) is 0 Å². The predicted octanol–water partition coefficient (Wildman–Crippen LogP) is 4.72. The van der Waals surface area contributed by atoms with Gasteiger partial charge in [0.1, 0.15) is 17.2 Å². The molecule has 7 nitrogen and oxygen atoms in total. The molecule has 1 aromatic carbocycles. The third-order valence-electron chi connectivity index (χ3n) is 4.96. The van der Waals surface area contributed by atoms with Crippen molar-refractivity contribution in [1.29, 1.82) is 0 Å². The summed E-state index contributed by atoms with van der Waals surface area (Å²) in [6.07, 6.45) is 4.16. The van der Waals surface area contributed by atoms with Crippen LogP contribution >= 0.6 is 0 Å². The minimum Gasteiger partial charge on any atom is -0.492 e. The van der Waals surface area contributed by atoms with Gasteiger partial charge in [-0.3, -0.25) is 4.98 Å². The first-order chi connectivity index (χ1) is 14.7. The summed E-state index contributed by atoms with van der Waals surface area (Å²) >= 11 is 0. The van der Waals surface area contributed by atoms with E-state index in [1.807, 2.05) is 20.8 Å². The number of rotatable bonds is 5. The lowest BCUT2D eigenvalue weighted by Gasteiger charge is -2.33. The fraction of sp³-hybridized carbons (Fsp3) is 0.435. The number of carbonyl (C=O) groups excluding carboxylic acids is 1. The number of halogens is 1. The van der Waals surface area contributed by atoms with Gasteiger partial charge in [0, 0.05) is 18.7 Å². The molecular formula is C23H28FN3O4. The first-order valence-electron chi connectivity index (χ1n) is 10.3. The van der Waals surface area contributed by atoms with Crippen molar-refractivity contribution in [3.8, 4) is 17.0 Å². The number of pyridine rings is 1. The third kappa shape index (κ3) is 6.41. The van der Waals surface area contributed by atoms with E-state index in [2.05, 4.69) is 10.1 Å². The Kier molecular flexibility index (Phi) is 7.09. The molecular weight excluding hydrogens is 401 g/mol. The molecule has 1 aromatic heterocycles. The van der Waals surface area contributed by atoms with E-state index in [4.69, 9.17) is 14.7 Å². The Bertz CT molecular complexity index is 917. The lowest BCUT2D eigenvalue weighted by atomic mass is 9.98. The van der Waals surface area contributed by atoms with Crippen LogP contribution in [0.15, 0.2) is 41.7 Å². The summed E-state index contributed by atoms with van der Waals surface area (Å²) in [4.78, 5) is 18.2. The zero-order valence-corrected chi connectivity index (χ0v) is 18.0. The number of likely N-dealkylation sites (tertiary alicyclic amines) is 1. The molecule has 31 heavy (non-hydrogen) atoms. The predicted molar refractivity (Wildman–Crippen MR) is 115 cm³/mol. The number of benzene rings is 1. The number of aromatic nitrogens is 1. The number of amides is 1. The van der Waals surface area contributed by atoms with Gasteiger partial charge in [-0.1, -0.05) is 11.2 Å². The van der Waals surface area contributed by atoms with E-state index < -0.39 is 11.4 Å². The molecule has 1 aliphatic heterocycles. The molecule has 1 N–H and O–H groups in total. The Morgan fingerprint density at radius 2 is 2.03 bits per heavy atom. The lowest BCUT2D eigenvalue weighted by molar-refractivity contribution is 0.0165. The standard InChI is InChI=1S/C23H28FN3O4/c1-23(2,3)31-22(28)27-10-8-16(9-11-27)15-30-18-5-7-21(25-14-18)19-6-4-17(13-26-29)12-20(19)24/h4-7,12-14,16,29H,8-11,15H2,1-3H3/b26-13+. The summed E-state index contributed by atoms with van der Waals surface area (Å²) in [6, 6.07) is 7.99. The second-order valence-corrected chi connectivity index (χ2v) is 8.58. The number of hydrogen-bond acceptors (Lipinski definition) is 6. The summed E-state index contributed by atoms with van der Waals surface area (Å²) in [5.41, 5.74) is 0.815. The van der Waals surface area contributed by atoms with Gasteiger partial charge in [-0.25, -0.2) is 9.18 Å². The maximum atomic E-state index is 14.3. The smallest absolute Gasteiger partial charge is 0.410 e. The van der Waals surface area contributed by atoms with Crippen LogP contribution in [-0.2, 0) is 4.74 Å². The molecule has 3 rings (SSSR count). The molecule has 1 fully saturated rings. The van der Waals surface area contributed by atoms with E-state index in [1.54, 1.807) is 35.4 Å². The quantitative estimate of drug-likeness (QED) is 0.422. The van der Waals surface area contributed by atoms with Crippen molar-refractivity contribution >= 4 is 12.3 Å². The van der Waals surface area contributed by atoms with Crippen molar-refractivity contribution in [2.75, 3.05) is 19.7 Å². The zero-order valence-electron chi connectivity index (χ0n) is 18.0. The van der Waals surface area contributed by atoms with Gasteiger partial charge >= 0.3 is 6.09 Å². The number of ether oxygens (including phenoxy) is 2. The van der Waals surface area contributed by atoms with Gasteiger partial charge in [-0.15, -0.1) is 0 Å². The highest BCUT2D eigenvalue weighted by Crippen LogP contribution is 2.25. The number of carbonyl (C=O) groups is 1. The first kappa shape index (κ1) is 22.5. The van der Waals surface area contributed by atoms with Gasteiger partial charge in [-0.2, -0.15) is 0 Å². The van der Waals surface area contributed by atoms with Gasteiger partial charge in [-0.05, 0) is 69.4 Å². The first-order valence-corrected chi connectivity index (χ1v) is 10.3. The molecule has 0 radical (unpaired) electrons. The SMILES string of the molecule is CC(C)(C)OC(=O)N1CCC(COc2ccc(-c3ccc(/C=N/O)cc3F)nc2)CC1. The summed E-state index contributed by atoms with van der Waals surface area (Å²) in [7, 11) is 0. The molecule has 0 saturated carbocycles. The number of hydrogen-bond donors (Lipinski definition) is 1. The number of oxime groups is 1. The van der Waals surface area contributed by atoms with E-state index in [1.165, 1.54) is 6.07 Å². The summed E-state index contributed by atoms with van der Waals surface area (Å²) in [5.74, 6) is 0.509. The maximum absolute atomic E-state index is 14.3. The van der Waals surface area contributed by atoms with Gasteiger partial charge < -0.3 is 19.6 Å². The number of nitrogens with zero attached hydrogens (tertiary/aromatic N) is 3. The average molecular weight is 429 g/mol. The van der Waals surface area contributed by atoms with Crippen LogP contribution in [0.1, 0.15) is 39.2 Å². The van der Waals surface area contributed by atoms with E-state index >= 15 is 0 Å². The lowest BCUT2D eigenvalue weighted by Crippen LogP contribution is -2.42. The minimum absolute atomic E-state index is 0.268. The Morgan fingerprint density at radius 3 is 2.61 bits per heavy atom. The molecule has 1 saturated heterocycles. The summed E-state index contributed by atoms with van der Waals surface area (Å²) < 4.78 is 25.6. The van der Waals surface area contributed by atoms with Gasteiger partial charge in [0.15, 0.2) is 0 Å². The van der Waals surface area contributed by atoms with Crippen LogP contribution in [0, 0.1) is 11.7 Å². The van der Waals surface area contributed by atoms with Crippen LogP contribution in [0.3, 0.4) is 0 Å². The highest BCUT2D eigenvalue weighted by Gasteiger charge is 2.27. The van der Waals surface area contributed by atoms with Crippen molar-refractivity contribution in [2.45, 2.75) is 39.2 Å². The Balaban J connectivity index is 1.50. The largest absolute Gasteiger partial charge is 0.492 e. The van der Waals surface area contributed by atoms with Crippen molar-refractivity contribution in [1.82, 2.24) is 9.88 Å². The summed E-state index contributed by atoms with van der Waals surface area (Å²) in [5, 5.41) is 11.4. The van der Waals surface area contributed by atoms with Crippen LogP contribution in [0.25, 0.3) is 11.3 Å². The highest BCUT2D eigenvalue weighted by atomic mass is 19.1. The minimum atomic E-state index is -0.491. The molecule has 8 heteroatoms. The molecule has 1 aliphatic rings. The van der Waals surface area contributed by atoms with Crippen molar-refractivity contribution in [3.05, 3.63) is 47.9 Å². The Hall–Kier alpha value is -3.16. The van der Waals surface area contributed by atoms with E-state index in [9.17, 15) is 9.18 Å². The van der Waals surface area contributed by atoms with Gasteiger partial charge in [0.05, 0.1) is 24.7 Å². The fourth-order valence-corrected chi connectivity index (χ4v) is 3.33. The molecule has 166 valence electrons. The van der Waals surface area contributed by atoms with Gasteiger partial charge in [0.2, 0.25) is 0 Å². The highest BCUT2D eigenvalue weighted by molar-refractivity contribution is 5.80. The monoisotopic (exact) mass is 429 g/mol. The Morgan fingerprint density at radius 1 is 1.29 bits per heavy atom. The molecule has 0 atom stereocenters. The molecule has 0 unspecified atom stereocenters. The van der Waals surface area contributed by atoms with E-state index in [-0.39, 0.29) is 6.09 Å². The zero-order chi connectivity index (χ0) is 22.4. The second kappa shape index (κ2) is 9.76. The molecule has 0 aliphatic carbocycles. The van der Waals surface area contributed by atoms with Crippen LogP contribution in [0.4, 0.5) is 9.18 Å². The molecule has 0 spiro atoms. The van der Waals surface area contributed by atoms with Crippen molar-refractivity contribution in [2.24, 2.45) is 11.1 Å². The van der Waals surface area contributed by atoms with E-state index in [0.717, 1.165) is 19.1 Å². The second-order valence-electron chi connectivity index (χ2n) is 8.58. The van der Waals surface area contributed by atoms with Crippen LogP contribution in [-0.4, -0.2) is 52.7 Å². The normalized spacial score (nSPS) is 15.3. The molecule has 2 aromatic rings. The Labute approximate surface area is 181 Å².